The van der Waals surface area contributed by atoms with Crippen molar-refractivity contribution < 1.29 is 28.7 Å². The Bertz CT molecular complexity index is 800. The van der Waals surface area contributed by atoms with Gasteiger partial charge in [0.05, 0.1) is 24.5 Å². The first-order chi connectivity index (χ1) is 16.4. The van der Waals surface area contributed by atoms with Crippen LogP contribution in [0.5, 0.6) is 0 Å². The third-order valence-electron chi connectivity index (χ3n) is 8.27. The average Bonchev–Trinajstić information content (AvgIpc) is 3.09. The van der Waals surface area contributed by atoms with E-state index in [9.17, 15) is 19.2 Å². The van der Waals surface area contributed by atoms with Gasteiger partial charge in [-0.3, -0.25) is 14.4 Å². The molecule has 1 amide bonds. The second-order valence-electron chi connectivity index (χ2n) is 12.5. The molecule has 0 radical (unpaired) electrons. The molecule has 2 aliphatic heterocycles. The van der Waals surface area contributed by atoms with Gasteiger partial charge in [0.25, 0.3) is 0 Å². The average molecular weight is 492 g/mol. The standard InChI is InChI=1S/C28H45NO6/c1-18-20(15-23(32)35-27(2,3)4)26(33)29-16-21-24(28(21,5)6)25(29)22(31)14-19(17-30)12-10-8-7-9-11-13-34-18/h17-21,24-25H,7-16H2,1-6H3/t18-,19+,20-,21-,24-,25+/m0/s1. The van der Waals surface area contributed by atoms with Gasteiger partial charge in [-0.25, -0.2) is 0 Å². The van der Waals surface area contributed by atoms with E-state index in [0.717, 1.165) is 38.4 Å². The van der Waals surface area contributed by atoms with Gasteiger partial charge in [0.1, 0.15) is 11.9 Å². The molecule has 0 aromatic rings. The Labute approximate surface area is 210 Å². The molecule has 0 unspecified atom stereocenters. The summed E-state index contributed by atoms with van der Waals surface area (Å²) in [7, 11) is 0. The first kappa shape index (κ1) is 27.8. The lowest BCUT2D eigenvalue weighted by Gasteiger charge is -2.35. The van der Waals surface area contributed by atoms with Gasteiger partial charge in [0, 0.05) is 25.5 Å². The highest BCUT2D eigenvalue weighted by atomic mass is 16.6. The van der Waals surface area contributed by atoms with Crippen molar-refractivity contribution in [3.63, 3.8) is 0 Å². The summed E-state index contributed by atoms with van der Waals surface area (Å²) in [5.74, 6) is -1.32. The topological polar surface area (TPSA) is 90.0 Å². The number of carbonyl (C=O) groups excluding carboxylic acids is 4. The molecule has 7 nitrogen and oxygen atoms in total. The number of fused-ring (bicyclic) bond motifs is 3. The maximum atomic E-state index is 13.9. The monoisotopic (exact) mass is 491 g/mol. The largest absolute Gasteiger partial charge is 0.460 e. The van der Waals surface area contributed by atoms with Crippen LogP contribution in [-0.2, 0) is 28.7 Å². The quantitative estimate of drug-likeness (QED) is 0.431. The summed E-state index contributed by atoms with van der Waals surface area (Å²) in [6.07, 6.45) is 6.16. The first-order valence-electron chi connectivity index (χ1n) is 13.5. The van der Waals surface area contributed by atoms with Crippen LogP contribution < -0.4 is 0 Å². The number of rotatable bonds is 3. The molecule has 7 heteroatoms. The van der Waals surface area contributed by atoms with Gasteiger partial charge in [-0.1, -0.05) is 39.5 Å². The lowest BCUT2D eigenvalue weighted by atomic mass is 9.89. The number of hydrogen-bond donors (Lipinski definition) is 0. The van der Waals surface area contributed by atoms with E-state index in [1.807, 2.05) is 6.92 Å². The number of nitrogens with zero attached hydrogens (tertiary/aromatic N) is 1. The van der Waals surface area contributed by atoms with E-state index in [0.29, 0.717) is 19.6 Å². The highest BCUT2D eigenvalue weighted by molar-refractivity contribution is 5.94. The van der Waals surface area contributed by atoms with Gasteiger partial charge < -0.3 is 19.2 Å². The Morgan fingerprint density at radius 1 is 1.14 bits per heavy atom. The van der Waals surface area contributed by atoms with Gasteiger partial charge in [-0.15, -0.1) is 0 Å². The van der Waals surface area contributed by atoms with Crippen LogP contribution in [0.25, 0.3) is 0 Å². The predicted molar refractivity (Wildman–Crippen MR) is 133 cm³/mol. The van der Waals surface area contributed by atoms with Crippen LogP contribution >= 0.6 is 0 Å². The number of carbonyl (C=O) groups is 4. The van der Waals surface area contributed by atoms with Crippen LogP contribution in [0.2, 0.25) is 0 Å². The number of Topliss-reactive ketones (excluding diaryl/α,β-unsaturated/α-hetero) is 1. The van der Waals surface area contributed by atoms with Crippen LogP contribution in [0.4, 0.5) is 0 Å². The highest BCUT2D eigenvalue weighted by Crippen LogP contribution is 2.65. The molecule has 2 saturated heterocycles. The summed E-state index contributed by atoms with van der Waals surface area (Å²) in [6.45, 7) is 12.6. The predicted octanol–water partition coefficient (Wildman–Crippen LogP) is 4.35. The fraction of sp³-hybridized carbons (Fsp3) is 0.857. The fourth-order valence-corrected chi connectivity index (χ4v) is 6.13. The van der Waals surface area contributed by atoms with Crippen LogP contribution in [0.1, 0.15) is 92.9 Å². The second-order valence-corrected chi connectivity index (χ2v) is 12.5. The fourth-order valence-electron chi connectivity index (χ4n) is 6.13. The second kappa shape index (κ2) is 11.1. The van der Waals surface area contributed by atoms with Crippen molar-refractivity contribution in [2.75, 3.05) is 13.2 Å². The normalized spacial score (nSPS) is 34.6. The van der Waals surface area contributed by atoms with Crippen molar-refractivity contribution in [1.82, 2.24) is 4.90 Å². The van der Waals surface area contributed by atoms with E-state index in [-0.39, 0.29) is 47.7 Å². The Balaban J connectivity index is 1.86. The zero-order valence-electron chi connectivity index (χ0n) is 22.5. The smallest absolute Gasteiger partial charge is 0.307 e. The molecular weight excluding hydrogens is 446 g/mol. The van der Waals surface area contributed by atoms with Crippen molar-refractivity contribution in [2.24, 2.45) is 29.1 Å². The maximum Gasteiger partial charge on any atom is 0.307 e. The van der Waals surface area contributed by atoms with Crippen LogP contribution in [0.3, 0.4) is 0 Å². The molecule has 0 spiro atoms. The summed E-state index contributed by atoms with van der Waals surface area (Å²) >= 11 is 0. The number of esters is 1. The summed E-state index contributed by atoms with van der Waals surface area (Å²) in [6, 6.07) is -0.536. The number of ketones is 1. The number of aldehydes is 1. The Hall–Kier alpha value is -1.76. The molecule has 2 heterocycles. The third-order valence-corrected chi connectivity index (χ3v) is 8.27. The molecule has 6 atom stereocenters. The molecule has 0 N–H and O–H groups in total. The van der Waals surface area contributed by atoms with Crippen LogP contribution in [-0.4, -0.2) is 59.7 Å². The summed E-state index contributed by atoms with van der Waals surface area (Å²) < 4.78 is 11.6. The van der Waals surface area contributed by atoms with Crippen molar-refractivity contribution >= 4 is 23.9 Å². The molecule has 0 aromatic carbocycles. The molecule has 1 saturated carbocycles. The molecule has 3 aliphatic rings. The summed E-state index contributed by atoms with van der Waals surface area (Å²) in [5, 5.41) is 0. The van der Waals surface area contributed by atoms with E-state index in [1.54, 1.807) is 25.7 Å². The van der Waals surface area contributed by atoms with Crippen molar-refractivity contribution in [1.29, 1.82) is 0 Å². The lowest BCUT2D eigenvalue weighted by molar-refractivity contribution is -0.162. The molecule has 198 valence electrons. The highest BCUT2D eigenvalue weighted by Gasteiger charge is 2.69. The first-order valence-corrected chi connectivity index (χ1v) is 13.5. The van der Waals surface area contributed by atoms with Gasteiger partial charge in [0.2, 0.25) is 5.91 Å². The molecule has 35 heavy (non-hydrogen) atoms. The molecule has 3 fully saturated rings. The van der Waals surface area contributed by atoms with E-state index in [2.05, 4.69) is 13.8 Å². The van der Waals surface area contributed by atoms with Gasteiger partial charge >= 0.3 is 5.97 Å². The molecule has 0 bridgehead atoms. The Morgan fingerprint density at radius 2 is 1.80 bits per heavy atom. The van der Waals surface area contributed by atoms with E-state index in [4.69, 9.17) is 9.47 Å². The minimum Gasteiger partial charge on any atom is -0.460 e. The summed E-state index contributed by atoms with van der Waals surface area (Å²) in [5.41, 5.74) is -0.651. The SMILES string of the molecule is C[C@@H]1OCCCCCCC[C@@H](C=O)CC(=O)[C@@H]2[C@@H]3[C@H](CN2C(=O)[C@H]1CC(=O)OC(C)(C)C)C3(C)C. The number of ether oxygens (including phenoxy) is 2. The van der Waals surface area contributed by atoms with Gasteiger partial charge in [0.15, 0.2) is 5.78 Å². The zero-order valence-corrected chi connectivity index (χ0v) is 22.5. The Kier molecular flexibility index (Phi) is 8.82. The van der Waals surface area contributed by atoms with Crippen molar-refractivity contribution in [3.8, 4) is 0 Å². The summed E-state index contributed by atoms with van der Waals surface area (Å²) in [4.78, 5) is 53.7. The van der Waals surface area contributed by atoms with E-state index in [1.165, 1.54) is 0 Å². The molecule has 1 aliphatic carbocycles. The van der Waals surface area contributed by atoms with Gasteiger partial charge in [-0.05, 0) is 57.8 Å². The zero-order chi connectivity index (χ0) is 26.0. The number of amides is 1. The van der Waals surface area contributed by atoms with E-state index < -0.39 is 29.6 Å². The van der Waals surface area contributed by atoms with Crippen molar-refractivity contribution in [3.05, 3.63) is 0 Å². The Morgan fingerprint density at radius 3 is 2.46 bits per heavy atom. The molecular formula is C28H45NO6. The number of piperidine rings is 1. The molecule has 0 aromatic heterocycles. The maximum absolute atomic E-state index is 13.9. The van der Waals surface area contributed by atoms with Crippen molar-refractivity contribution in [2.45, 2.75) is 111 Å². The van der Waals surface area contributed by atoms with Crippen LogP contribution in [0.15, 0.2) is 0 Å². The number of hydrogen-bond acceptors (Lipinski definition) is 6. The lowest BCUT2D eigenvalue weighted by Crippen LogP contribution is -2.50. The third kappa shape index (κ3) is 6.72. The van der Waals surface area contributed by atoms with Gasteiger partial charge in [-0.2, -0.15) is 0 Å². The van der Waals surface area contributed by atoms with Crippen LogP contribution in [0, 0.1) is 29.1 Å². The van der Waals surface area contributed by atoms with E-state index >= 15 is 0 Å². The minimum absolute atomic E-state index is 0.00258. The molecule has 3 rings (SSSR count). The minimum atomic E-state index is -0.712.